The number of benzene rings is 1. The Hall–Kier alpha value is -0.760. The molecule has 0 aromatic heterocycles. The van der Waals surface area contributed by atoms with Crippen LogP contribution in [-0.4, -0.2) is 11.0 Å². The molecule has 0 amide bonds. The van der Waals surface area contributed by atoms with Crippen LogP contribution in [-0.2, 0) is 4.79 Å². The highest BCUT2D eigenvalue weighted by Gasteiger charge is 2.26. The average molecular weight is 220 g/mol. The summed E-state index contributed by atoms with van der Waals surface area (Å²) in [5.41, 5.74) is 0. The van der Waals surface area contributed by atoms with Gasteiger partial charge in [0.25, 0.3) is 0 Å². The first-order valence-electron chi connectivity index (χ1n) is 5.50. The van der Waals surface area contributed by atoms with Crippen LogP contribution in [0, 0.1) is 5.92 Å². The Labute approximate surface area is 95.3 Å². The topological polar surface area (TPSA) is 17.1 Å². The van der Waals surface area contributed by atoms with Gasteiger partial charge in [-0.25, -0.2) is 0 Å². The van der Waals surface area contributed by atoms with Gasteiger partial charge < -0.3 is 0 Å². The second kappa shape index (κ2) is 4.84. The van der Waals surface area contributed by atoms with Crippen molar-refractivity contribution in [2.24, 2.45) is 5.92 Å². The monoisotopic (exact) mass is 220 g/mol. The zero-order chi connectivity index (χ0) is 10.7. The third-order valence-electron chi connectivity index (χ3n) is 2.85. The lowest BCUT2D eigenvalue weighted by molar-refractivity contribution is -0.120. The van der Waals surface area contributed by atoms with E-state index in [-0.39, 0.29) is 5.25 Å². The van der Waals surface area contributed by atoms with Crippen molar-refractivity contribution < 1.29 is 4.79 Å². The third kappa shape index (κ3) is 2.85. The fourth-order valence-corrected chi connectivity index (χ4v) is 3.09. The van der Waals surface area contributed by atoms with Gasteiger partial charge in [-0.1, -0.05) is 25.1 Å². The summed E-state index contributed by atoms with van der Waals surface area (Å²) >= 11 is 1.73. The van der Waals surface area contributed by atoms with Crippen molar-refractivity contribution in [1.29, 1.82) is 0 Å². The smallest absolute Gasteiger partial charge is 0.146 e. The lowest BCUT2D eigenvalue weighted by Gasteiger charge is -2.24. The second-order valence-electron chi connectivity index (χ2n) is 4.27. The van der Waals surface area contributed by atoms with Crippen LogP contribution >= 0.6 is 11.8 Å². The number of Topliss-reactive ketones (excluding diaryl/α,β-unsaturated/α-hetero) is 1. The van der Waals surface area contributed by atoms with E-state index in [0.29, 0.717) is 11.7 Å². The van der Waals surface area contributed by atoms with Crippen LogP contribution in [0.3, 0.4) is 0 Å². The van der Waals surface area contributed by atoms with Gasteiger partial charge in [-0.15, -0.1) is 11.8 Å². The lowest BCUT2D eigenvalue weighted by Crippen LogP contribution is -2.25. The summed E-state index contributed by atoms with van der Waals surface area (Å²) in [5.74, 6) is 1.02. The Kier molecular flexibility index (Phi) is 3.47. The molecule has 1 aliphatic rings. The Balaban J connectivity index is 1.98. The molecule has 0 spiro atoms. The lowest BCUT2D eigenvalue weighted by atomic mass is 9.89. The number of carbonyl (C=O) groups excluding carboxylic acids is 1. The summed E-state index contributed by atoms with van der Waals surface area (Å²) in [6, 6.07) is 10.2. The summed E-state index contributed by atoms with van der Waals surface area (Å²) < 4.78 is 0. The summed E-state index contributed by atoms with van der Waals surface area (Å²) in [5, 5.41) is 0.198. The van der Waals surface area contributed by atoms with Crippen molar-refractivity contribution >= 4 is 17.5 Å². The van der Waals surface area contributed by atoms with E-state index < -0.39 is 0 Å². The van der Waals surface area contributed by atoms with Crippen molar-refractivity contribution in [3.63, 3.8) is 0 Å². The summed E-state index contributed by atoms with van der Waals surface area (Å²) in [6.45, 7) is 2.17. The molecule has 1 saturated carbocycles. The Morgan fingerprint density at radius 3 is 2.60 bits per heavy atom. The van der Waals surface area contributed by atoms with Gasteiger partial charge in [0.1, 0.15) is 5.78 Å². The van der Waals surface area contributed by atoms with Gasteiger partial charge in [0, 0.05) is 11.3 Å². The molecule has 0 bridgehead atoms. The predicted molar refractivity (Wildman–Crippen MR) is 64.1 cm³/mol. The summed E-state index contributed by atoms with van der Waals surface area (Å²) in [6.07, 6.45) is 3.00. The highest BCUT2D eigenvalue weighted by molar-refractivity contribution is 8.00. The predicted octanol–water partition coefficient (Wildman–Crippen LogP) is 3.54. The van der Waals surface area contributed by atoms with Crippen molar-refractivity contribution in [2.45, 2.75) is 36.3 Å². The van der Waals surface area contributed by atoms with Gasteiger partial charge in [-0.2, -0.15) is 0 Å². The van der Waals surface area contributed by atoms with Gasteiger partial charge >= 0.3 is 0 Å². The van der Waals surface area contributed by atoms with E-state index in [4.69, 9.17) is 0 Å². The molecule has 0 N–H and O–H groups in total. The molecule has 1 aromatic carbocycles. The Morgan fingerprint density at radius 2 is 1.93 bits per heavy atom. The molecular weight excluding hydrogens is 204 g/mol. The maximum Gasteiger partial charge on any atom is 0.146 e. The van der Waals surface area contributed by atoms with Crippen LogP contribution in [0.4, 0.5) is 0 Å². The van der Waals surface area contributed by atoms with E-state index in [2.05, 4.69) is 19.1 Å². The third-order valence-corrected chi connectivity index (χ3v) is 4.18. The van der Waals surface area contributed by atoms with E-state index in [1.807, 2.05) is 18.2 Å². The highest BCUT2D eigenvalue weighted by Crippen LogP contribution is 2.33. The maximum atomic E-state index is 11.8. The molecule has 1 aromatic rings. The van der Waals surface area contributed by atoms with Crippen LogP contribution in [0.1, 0.15) is 26.2 Å². The average Bonchev–Trinajstić information content (AvgIpc) is 2.24. The molecule has 15 heavy (non-hydrogen) atoms. The molecule has 1 nitrogen and oxygen atoms in total. The molecule has 0 unspecified atom stereocenters. The molecule has 2 heteroatoms. The van der Waals surface area contributed by atoms with Crippen molar-refractivity contribution in [2.75, 3.05) is 0 Å². The molecule has 0 heterocycles. The van der Waals surface area contributed by atoms with Gasteiger partial charge in [-0.05, 0) is 30.9 Å². The molecule has 1 aliphatic carbocycles. The standard InChI is InChI=1S/C13H16OS/c1-10-7-8-13(12(14)9-10)15-11-5-3-2-4-6-11/h2-6,10,13H,7-9H2,1H3/t10-,13+/m0/s1. The maximum absolute atomic E-state index is 11.8. The van der Waals surface area contributed by atoms with Gasteiger partial charge in [0.15, 0.2) is 0 Å². The van der Waals surface area contributed by atoms with Crippen molar-refractivity contribution in [1.82, 2.24) is 0 Å². The molecular formula is C13H16OS. The zero-order valence-corrected chi connectivity index (χ0v) is 9.80. The Bertz CT molecular complexity index is 334. The molecule has 2 rings (SSSR count). The SMILES string of the molecule is C[C@H]1CC[C@@H](Sc2ccccc2)C(=O)C1. The quantitative estimate of drug-likeness (QED) is 0.758. The van der Waals surface area contributed by atoms with Gasteiger partial charge in [0.2, 0.25) is 0 Å². The number of rotatable bonds is 2. The van der Waals surface area contributed by atoms with E-state index >= 15 is 0 Å². The van der Waals surface area contributed by atoms with E-state index in [1.165, 1.54) is 11.3 Å². The van der Waals surface area contributed by atoms with Gasteiger partial charge in [0.05, 0.1) is 5.25 Å². The second-order valence-corrected chi connectivity index (χ2v) is 5.55. The minimum atomic E-state index is 0.198. The van der Waals surface area contributed by atoms with E-state index in [1.54, 1.807) is 11.8 Å². The molecule has 80 valence electrons. The number of carbonyl (C=O) groups is 1. The molecule has 0 saturated heterocycles. The van der Waals surface area contributed by atoms with Crippen molar-refractivity contribution in [3.8, 4) is 0 Å². The van der Waals surface area contributed by atoms with Crippen LogP contribution in [0.5, 0.6) is 0 Å². The number of hydrogen-bond donors (Lipinski definition) is 0. The summed E-state index contributed by atoms with van der Waals surface area (Å²) in [7, 11) is 0. The van der Waals surface area contributed by atoms with Crippen LogP contribution in [0.2, 0.25) is 0 Å². The van der Waals surface area contributed by atoms with Crippen LogP contribution in [0.15, 0.2) is 35.2 Å². The number of hydrogen-bond acceptors (Lipinski definition) is 2. The zero-order valence-electron chi connectivity index (χ0n) is 8.98. The van der Waals surface area contributed by atoms with Gasteiger partial charge in [-0.3, -0.25) is 4.79 Å². The molecule has 2 atom stereocenters. The Morgan fingerprint density at radius 1 is 1.20 bits per heavy atom. The van der Waals surface area contributed by atoms with Crippen LogP contribution in [0.25, 0.3) is 0 Å². The van der Waals surface area contributed by atoms with E-state index in [9.17, 15) is 4.79 Å². The number of thioether (sulfide) groups is 1. The highest BCUT2D eigenvalue weighted by atomic mass is 32.2. The largest absolute Gasteiger partial charge is 0.298 e. The molecule has 0 aliphatic heterocycles. The fraction of sp³-hybridized carbons (Fsp3) is 0.462. The minimum Gasteiger partial charge on any atom is -0.298 e. The van der Waals surface area contributed by atoms with Crippen molar-refractivity contribution in [3.05, 3.63) is 30.3 Å². The first-order chi connectivity index (χ1) is 7.25. The molecule has 1 fully saturated rings. The van der Waals surface area contributed by atoms with Crippen LogP contribution < -0.4 is 0 Å². The summed E-state index contributed by atoms with van der Waals surface area (Å²) in [4.78, 5) is 13.0. The normalized spacial score (nSPS) is 26.6. The van der Waals surface area contributed by atoms with E-state index in [0.717, 1.165) is 12.8 Å². The number of ketones is 1. The molecule has 0 radical (unpaired) electrons. The minimum absolute atomic E-state index is 0.198. The first-order valence-corrected chi connectivity index (χ1v) is 6.38. The fourth-order valence-electron chi connectivity index (χ4n) is 1.96. The first kappa shape index (κ1) is 10.7.